The molecule has 0 bridgehead atoms. The fourth-order valence-electron chi connectivity index (χ4n) is 2.56. The number of nitrogens with zero attached hydrogens (tertiary/aromatic N) is 1. The van der Waals surface area contributed by atoms with E-state index in [4.69, 9.17) is 5.73 Å². The molecule has 3 heteroatoms. The number of hydrogen-bond donors (Lipinski definition) is 1. The number of amidine groups is 1. The van der Waals surface area contributed by atoms with Crippen LogP contribution < -0.4 is 5.73 Å². The van der Waals surface area contributed by atoms with E-state index in [0.717, 1.165) is 12.0 Å². The van der Waals surface area contributed by atoms with Gasteiger partial charge in [-0.3, -0.25) is 4.99 Å². The molecule has 1 aliphatic heterocycles. The topological polar surface area (TPSA) is 38.4 Å². The highest BCUT2D eigenvalue weighted by Crippen LogP contribution is 2.30. The summed E-state index contributed by atoms with van der Waals surface area (Å²) in [5.74, 6) is 0.661. The maximum absolute atomic E-state index is 6.09. The van der Waals surface area contributed by atoms with Gasteiger partial charge in [0.1, 0.15) is 5.84 Å². The van der Waals surface area contributed by atoms with Gasteiger partial charge in [0.25, 0.3) is 0 Å². The van der Waals surface area contributed by atoms with E-state index in [1.807, 2.05) is 12.1 Å². The molecule has 2 aromatic carbocycles. The fourth-order valence-corrected chi connectivity index (χ4v) is 2.56. The number of halogens is 1. The Morgan fingerprint density at radius 3 is 2.53 bits per heavy atom. The lowest BCUT2D eigenvalue weighted by molar-refractivity contribution is 0.706. The van der Waals surface area contributed by atoms with Crippen molar-refractivity contribution in [3.63, 3.8) is 0 Å². The first-order valence-corrected chi connectivity index (χ1v) is 6.23. The summed E-state index contributed by atoms with van der Waals surface area (Å²) in [6.07, 6.45) is 0.937. The van der Waals surface area contributed by atoms with Crippen LogP contribution in [-0.2, 0) is 6.42 Å². The highest BCUT2D eigenvalue weighted by Gasteiger charge is 2.21. The van der Waals surface area contributed by atoms with Crippen molar-refractivity contribution in [2.24, 2.45) is 10.7 Å². The van der Waals surface area contributed by atoms with Crippen molar-refractivity contribution in [1.82, 2.24) is 0 Å². The number of aliphatic imine (C=N–C) groups is 1. The molecule has 0 saturated carbocycles. The molecule has 3 rings (SSSR count). The van der Waals surface area contributed by atoms with Crippen LogP contribution in [0.25, 0.3) is 0 Å². The summed E-state index contributed by atoms with van der Waals surface area (Å²) in [6, 6.07) is 16.7. The van der Waals surface area contributed by atoms with Gasteiger partial charge >= 0.3 is 0 Å². The van der Waals surface area contributed by atoms with E-state index in [2.05, 4.69) is 48.3 Å². The molecular formula is C16H17ClN2. The standard InChI is InChI=1S/C16H16N2.ClH/c1-11-6-5-9-13-14(11)10-15(18-16(13)17)12-7-3-2-4-8-12;/h2-9,15H,10H2,1H3,(H2,17,18);1H. The number of rotatable bonds is 1. The fraction of sp³-hybridized carbons (Fsp3) is 0.188. The van der Waals surface area contributed by atoms with E-state index in [0.29, 0.717) is 5.84 Å². The smallest absolute Gasteiger partial charge is 0.126 e. The molecule has 1 aliphatic rings. The Kier molecular flexibility index (Phi) is 3.91. The summed E-state index contributed by atoms with van der Waals surface area (Å²) < 4.78 is 0. The predicted octanol–water partition coefficient (Wildman–Crippen LogP) is 3.42. The normalized spacial score (nSPS) is 17.1. The van der Waals surface area contributed by atoms with Crippen LogP contribution >= 0.6 is 12.4 Å². The van der Waals surface area contributed by atoms with Crippen LogP contribution in [0.5, 0.6) is 0 Å². The Bertz CT molecular complexity index is 605. The van der Waals surface area contributed by atoms with Crippen LogP contribution in [-0.4, -0.2) is 5.84 Å². The molecule has 0 saturated heterocycles. The summed E-state index contributed by atoms with van der Waals surface area (Å²) in [5, 5.41) is 0. The minimum Gasteiger partial charge on any atom is -0.383 e. The minimum atomic E-state index is 0. The maximum Gasteiger partial charge on any atom is 0.126 e. The van der Waals surface area contributed by atoms with E-state index in [1.54, 1.807) is 0 Å². The molecule has 19 heavy (non-hydrogen) atoms. The summed E-state index contributed by atoms with van der Waals surface area (Å²) in [6.45, 7) is 2.14. The van der Waals surface area contributed by atoms with Crippen LogP contribution in [0.1, 0.15) is 28.3 Å². The van der Waals surface area contributed by atoms with Crippen molar-refractivity contribution in [1.29, 1.82) is 0 Å². The summed E-state index contributed by atoms with van der Waals surface area (Å²) >= 11 is 0. The Balaban J connectivity index is 0.00000133. The first-order valence-electron chi connectivity index (χ1n) is 6.23. The van der Waals surface area contributed by atoms with Crippen molar-refractivity contribution in [3.05, 3.63) is 70.8 Å². The summed E-state index contributed by atoms with van der Waals surface area (Å²) in [5.41, 5.74) is 11.1. The summed E-state index contributed by atoms with van der Waals surface area (Å²) in [7, 11) is 0. The van der Waals surface area contributed by atoms with Crippen molar-refractivity contribution in [3.8, 4) is 0 Å². The van der Waals surface area contributed by atoms with Crippen molar-refractivity contribution in [2.75, 3.05) is 0 Å². The largest absolute Gasteiger partial charge is 0.383 e. The molecule has 0 amide bonds. The van der Waals surface area contributed by atoms with Gasteiger partial charge < -0.3 is 5.73 Å². The first kappa shape index (κ1) is 13.6. The molecule has 0 spiro atoms. The number of benzene rings is 2. The van der Waals surface area contributed by atoms with Crippen molar-refractivity contribution >= 4 is 18.2 Å². The van der Waals surface area contributed by atoms with E-state index in [9.17, 15) is 0 Å². The zero-order valence-corrected chi connectivity index (χ0v) is 11.7. The molecule has 1 unspecified atom stereocenters. The van der Waals surface area contributed by atoms with Gasteiger partial charge in [0.05, 0.1) is 6.04 Å². The van der Waals surface area contributed by atoms with Crippen LogP contribution in [0, 0.1) is 6.92 Å². The Morgan fingerprint density at radius 1 is 1.05 bits per heavy atom. The third-order valence-electron chi connectivity index (χ3n) is 3.56. The predicted molar refractivity (Wildman–Crippen MR) is 82.0 cm³/mol. The molecule has 98 valence electrons. The van der Waals surface area contributed by atoms with Crippen molar-refractivity contribution in [2.45, 2.75) is 19.4 Å². The molecular weight excluding hydrogens is 256 g/mol. The highest BCUT2D eigenvalue weighted by atomic mass is 35.5. The first-order chi connectivity index (χ1) is 8.75. The molecule has 2 nitrogen and oxygen atoms in total. The molecule has 1 heterocycles. The van der Waals surface area contributed by atoms with Crippen LogP contribution in [0.4, 0.5) is 0 Å². The summed E-state index contributed by atoms with van der Waals surface area (Å²) in [4.78, 5) is 4.63. The van der Waals surface area contributed by atoms with Gasteiger partial charge in [-0.2, -0.15) is 0 Å². The van der Waals surface area contributed by atoms with Crippen LogP contribution in [0.15, 0.2) is 53.5 Å². The third kappa shape index (κ3) is 2.49. The highest BCUT2D eigenvalue weighted by molar-refractivity contribution is 6.00. The molecule has 0 radical (unpaired) electrons. The number of hydrogen-bond acceptors (Lipinski definition) is 2. The van der Waals surface area contributed by atoms with Gasteiger partial charge in [-0.15, -0.1) is 12.4 Å². The SMILES string of the molecule is Cc1cccc2c1CC(c1ccccc1)N=C2N.Cl. The third-order valence-corrected chi connectivity index (χ3v) is 3.56. The molecule has 0 aliphatic carbocycles. The lowest BCUT2D eigenvalue weighted by Gasteiger charge is -2.23. The zero-order valence-electron chi connectivity index (χ0n) is 10.8. The number of nitrogens with two attached hydrogens (primary N) is 1. The Labute approximate surface area is 119 Å². The van der Waals surface area contributed by atoms with Gasteiger partial charge in [-0.25, -0.2) is 0 Å². The zero-order chi connectivity index (χ0) is 12.5. The monoisotopic (exact) mass is 272 g/mol. The van der Waals surface area contributed by atoms with Crippen LogP contribution in [0.3, 0.4) is 0 Å². The second-order valence-electron chi connectivity index (χ2n) is 4.75. The quantitative estimate of drug-likeness (QED) is 0.849. The van der Waals surface area contributed by atoms with Gasteiger partial charge in [-0.05, 0) is 23.6 Å². The maximum atomic E-state index is 6.09. The Morgan fingerprint density at radius 2 is 1.79 bits per heavy atom. The van der Waals surface area contributed by atoms with E-state index < -0.39 is 0 Å². The molecule has 1 atom stereocenters. The molecule has 0 fully saturated rings. The molecule has 2 aromatic rings. The van der Waals surface area contributed by atoms with E-state index in [1.165, 1.54) is 16.7 Å². The molecule has 2 N–H and O–H groups in total. The lowest BCUT2D eigenvalue weighted by atomic mass is 9.90. The Hall–Kier alpha value is -1.80. The van der Waals surface area contributed by atoms with Crippen LogP contribution in [0.2, 0.25) is 0 Å². The average molecular weight is 273 g/mol. The second-order valence-corrected chi connectivity index (χ2v) is 4.75. The van der Waals surface area contributed by atoms with Gasteiger partial charge in [0, 0.05) is 12.0 Å². The van der Waals surface area contributed by atoms with Gasteiger partial charge in [0.2, 0.25) is 0 Å². The second kappa shape index (κ2) is 5.45. The molecule has 0 aromatic heterocycles. The van der Waals surface area contributed by atoms with Gasteiger partial charge in [0.15, 0.2) is 0 Å². The minimum absolute atomic E-state index is 0. The van der Waals surface area contributed by atoms with Crippen molar-refractivity contribution < 1.29 is 0 Å². The number of aryl methyl sites for hydroxylation is 1. The lowest BCUT2D eigenvalue weighted by Crippen LogP contribution is -2.23. The van der Waals surface area contributed by atoms with E-state index >= 15 is 0 Å². The number of fused-ring (bicyclic) bond motifs is 1. The average Bonchev–Trinajstić information content (AvgIpc) is 2.41. The van der Waals surface area contributed by atoms with Gasteiger partial charge in [-0.1, -0.05) is 48.5 Å². The van der Waals surface area contributed by atoms with E-state index in [-0.39, 0.29) is 18.4 Å².